The van der Waals surface area contributed by atoms with Gasteiger partial charge >= 0.3 is 5.97 Å². The fraction of sp³-hybridized carbons (Fsp3) is 0.200. The lowest BCUT2D eigenvalue weighted by atomic mass is 9.95. The number of anilines is 1. The van der Waals surface area contributed by atoms with Crippen LogP contribution in [0.2, 0.25) is 0 Å². The number of sulfonamides is 1. The van der Waals surface area contributed by atoms with Crippen molar-refractivity contribution in [1.29, 1.82) is 0 Å². The second-order valence-corrected chi connectivity index (χ2v) is 9.63. The van der Waals surface area contributed by atoms with Crippen LogP contribution in [0.25, 0.3) is 0 Å². The Morgan fingerprint density at radius 1 is 0.912 bits per heavy atom. The van der Waals surface area contributed by atoms with Crippen molar-refractivity contribution in [2.45, 2.75) is 23.9 Å². The molecule has 0 bridgehead atoms. The van der Waals surface area contributed by atoms with E-state index >= 15 is 0 Å². The molecule has 34 heavy (non-hydrogen) atoms. The molecule has 4 rings (SSSR count). The van der Waals surface area contributed by atoms with Gasteiger partial charge in [-0.05, 0) is 53.9 Å². The van der Waals surface area contributed by atoms with Crippen LogP contribution in [0.5, 0.6) is 5.75 Å². The van der Waals surface area contributed by atoms with E-state index in [1.165, 1.54) is 36.7 Å². The van der Waals surface area contributed by atoms with Crippen LogP contribution in [-0.2, 0) is 32.5 Å². The number of methoxy groups -OCH3 is 2. The number of esters is 1. The maximum Gasteiger partial charge on any atom is 0.339 e. The lowest BCUT2D eigenvalue weighted by Crippen LogP contribution is -2.50. The van der Waals surface area contributed by atoms with Crippen molar-refractivity contribution >= 4 is 27.6 Å². The minimum atomic E-state index is -4.02. The molecule has 8 nitrogen and oxygen atoms in total. The predicted molar refractivity (Wildman–Crippen MR) is 126 cm³/mol. The zero-order chi connectivity index (χ0) is 24.3. The normalized spacial score (nSPS) is 15.8. The largest absolute Gasteiger partial charge is 0.497 e. The summed E-state index contributed by atoms with van der Waals surface area (Å²) in [4.78, 5) is 25.6. The van der Waals surface area contributed by atoms with E-state index < -0.39 is 27.9 Å². The molecule has 3 aromatic rings. The summed E-state index contributed by atoms with van der Waals surface area (Å²) in [5.41, 5.74) is 2.16. The van der Waals surface area contributed by atoms with E-state index in [1.54, 1.807) is 30.3 Å². The Balaban J connectivity index is 1.71. The third-order valence-electron chi connectivity index (χ3n) is 5.76. The summed E-state index contributed by atoms with van der Waals surface area (Å²) in [5.74, 6) is -0.618. The topological polar surface area (TPSA) is 102 Å². The minimum absolute atomic E-state index is 0.0429. The van der Waals surface area contributed by atoms with Gasteiger partial charge in [0.2, 0.25) is 15.9 Å². The Kier molecular flexibility index (Phi) is 6.67. The molecule has 0 aromatic heterocycles. The highest BCUT2D eigenvalue weighted by Crippen LogP contribution is 2.31. The van der Waals surface area contributed by atoms with Crippen LogP contribution in [0, 0.1) is 0 Å². The minimum Gasteiger partial charge on any atom is -0.497 e. The number of fused-ring (bicyclic) bond motifs is 1. The summed E-state index contributed by atoms with van der Waals surface area (Å²) < 4.78 is 38.4. The van der Waals surface area contributed by atoms with Gasteiger partial charge in [-0.3, -0.25) is 4.79 Å². The Labute approximate surface area is 198 Å². The molecular formula is C25H24N2O6S. The Hall–Kier alpha value is -3.69. The first-order valence-corrected chi connectivity index (χ1v) is 12.0. The van der Waals surface area contributed by atoms with Crippen molar-refractivity contribution in [2.24, 2.45) is 0 Å². The molecular weight excluding hydrogens is 456 g/mol. The average Bonchev–Trinajstić information content (AvgIpc) is 2.87. The number of para-hydroxylation sites is 1. The summed E-state index contributed by atoms with van der Waals surface area (Å²) in [7, 11) is -1.27. The third kappa shape index (κ3) is 4.52. The van der Waals surface area contributed by atoms with Crippen molar-refractivity contribution in [2.75, 3.05) is 19.5 Å². The molecule has 1 heterocycles. The van der Waals surface area contributed by atoms with Gasteiger partial charge in [0.15, 0.2) is 0 Å². The van der Waals surface area contributed by atoms with E-state index in [0.29, 0.717) is 5.75 Å². The van der Waals surface area contributed by atoms with Gasteiger partial charge in [-0.15, -0.1) is 0 Å². The molecule has 0 saturated heterocycles. The monoisotopic (exact) mass is 480 g/mol. The first kappa shape index (κ1) is 23.5. The Bertz CT molecular complexity index is 1320. The summed E-state index contributed by atoms with van der Waals surface area (Å²) in [6.07, 6.45) is 0.192. The fourth-order valence-electron chi connectivity index (χ4n) is 3.95. The fourth-order valence-corrected chi connectivity index (χ4v) is 5.52. The Morgan fingerprint density at radius 2 is 1.56 bits per heavy atom. The Morgan fingerprint density at radius 3 is 2.24 bits per heavy atom. The van der Waals surface area contributed by atoms with Gasteiger partial charge in [0.1, 0.15) is 11.8 Å². The summed E-state index contributed by atoms with van der Waals surface area (Å²) >= 11 is 0. The number of nitrogens with zero attached hydrogens (tertiary/aromatic N) is 1. The van der Waals surface area contributed by atoms with Gasteiger partial charge in [0.05, 0.1) is 30.4 Å². The van der Waals surface area contributed by atoms with Crippen molar-refractivity contribution < 1.29 is 27.5 Å². The van der Waals surface area contributed by atoms with Crippen molar-refractivity contribution in [3.8, 4) is 5.75 Å². The first-order chi connectivity index (χ1) is 16.3. The zero-order valence-corrected chi connectivity index (χ0v) is 19.5. The SMILES string of the molecule is COC(=O)c1ccccc1NC(=O)[C@H]1Cc2ccccc2CN1S(=O)(=O)c1ccc(OC)cc1. The number of carbonyl (C=O) groups excluding carboxylic acids is 2. The molecule has 0 fully saturated rings. The van der Waals surface area contributed by atoms with Gasteiger partial charge in [0, 0.05) is 6.54 Å². The van der Waals surface area contributed by atoms with E-state index in [-0.39, 0.29) is 29.1 Å². The molecule has 1 aliphatic heterocycles. The molecule has 176 valence electrons. The van der Waals surface area contributed by atoms with Crippen LogP contribution in [0.15, 0.2) is 77.7 Å². The number of ether oxygens (including phenoxy) is 2. The van der Waals surface area contributed by atoms with E-state index in [2.05, 4.69) is 5.32 Å². The summed E-state index contributed by atoms with van der Waals surface area (Å²) in [6, 6.07) is 18.9. The van der Waals surface area contributed by atoms with Crippen LogP contribution >= 0.6 is 0 Å². The molecule has 0 radical (unpaired) electrons. The molecule has 3 aromatic carbocycles. The number of hydrogen-bond donors (Lipinski definition) is 1. The number of benzene rings is 3. The standard InChI is InChI=1S/C25H24N2O6S/c1-32-19-11-13-20(14-12-19)34(30,31)27-16-18-8-4-3-7-17(18)15-23(27)24(28)26-22-10-6-5-9-21(22)25(29)33-2/h3-14,23H,15-16H2,1-2H3,(H,26,28)/t23-/m1/s1. The van der Waals surface area contributed by atoms with Gasteiger partial charge in [-0.25, -0.2) is 13.2 Å². The molecule has 1 amide bonds. The lowest BCUT2D eigenvalue weighted by molar-refractivity contribution is -0.120. The van der Waals surface area contributed by atoms with Gasteiger partial charge in [0.25, 0.3) is 0 Å². The summed E-state index contributed by atoms with van der Waals surface area (Å²) in [6.45, 7) is 0.0429. The number of nitrogens with one attached hydrogen (secondary N) is 1. The number of hydrogen-bond acceptors (Lipinski definition) is 6. The second-order valence-electron chi connectivity index (χ2n) is 7.74. The second kappa shape index (κ2) is 9.66. The van der Waals surface area contributed by atoms with E-state index in [0.717, 1.165) is 11.1 Å². The van der Waals surface area contributed by atoms with E-state index in [4.69, 9.17) is 9.47 Å². The highest BCUT2D eigenvalue weighted by atomic mass is 32.2. The van der Waals surface area contributed by atoms with E-state index in [9.17, 15) is 18.0 Å². The maximum atomic E-state index is 13.6. The first-order valence-electron chi connectivity index (χ1n) is 10.6. The zero-order valence-electron chi connectivity index (χ0n) is 18.7. The molecule has 0 unspecified atom stereocenters. The van der Waals surface area contributed by atoms with Gasteiger partial charge in [-0.2, -0.15) is 4.31 Å². The van der Waals surface area contributed by atoms with Crippen LogP contribution in [0.1, 0.15) is 21.5 Å². The van der Waals surface area contributed by atoms with Gasteiger partial charge < -0.3 is 14.8 Å². The van der Waals surface area contributed by atoms with Crippen LogP contribution in [0.3, 0.4) is 0 Å². The highest BCUT2D eigenvalue weighted by Gasteiger charge is 2.40. The van der Waals surface area contributed by atoms with Crippen molar-refractivity contribution in [3.05, 3.63) is 89.5 Å². The molecule has 1 N–H and O–H groups in total. The number of carbonyl (C=O) groups is 2. The predicted octanol–water partition coefficient (Wildman–Crippen LogP) is 3.24. The lowest BCUT2D eigenvalue weighted by Gasteiger charge is -2.35. The van der Waals surface area contributed by atoms with Crippen molar-refractivity contribution in [3.63, 3.8) is 0 Å². The van der Waals surface area contributed by atoms with Crippen LogP contribution < -0.4 is 10.1 Å². The maximum absolute atomic E-state index is 13.6. The molecule has 9 heteroatoms. The molecule has 1 aliphatic rings. The van der Waals surface area contributed by atoms with E-state index in [1.807, 2.05) is 24.3 Å². The van der Waals surface area contributed by atoms with Crippen molar-refractivity contribution in [1.82, 2.24) is 4.31 Å². The molecule has 0 spiro atoms. The quantitative estimate of drug-likeness (QED) is 0.544. The van der Waals surface area contributed by atoms with Crippen LogP contribution in [-0.4, -0.2) is 44.9 Å². The summed E-state index contributed by atoms with van der Waals surface area (Å²) in [5, 5.41) is 2.73. The van der Waals surface area contributed by atoms with Crippen LogP contribution in [0.4, 0.5) is 5.69 Å². The molecule has 0 aliphatic carbocycles. The number of amides is 1. The molecule has 0 saturated carbocycles. The smallest absolute Gasteiger partial charge is 0.339 e. The average molecular weight is 481 g/mol. The third-order valence-corrected chi connectivity index (χ3v) is 7.63. The highest BCUT2D eigenvalue weighted by molar-refractivity contribution is 7.89. The molecule has 1 atom stereocenters. The number of rotatable bonds is 6. The van der Waals surface area contributed by atoms with Gasteiger partial charge in [-0.1, -0.05) is 36.4 Å².